The molecule has 2 bridgehead atoms. The second kappa shape index (κ2) is 9.99. The summed E-state index contributed by atoms with van der Waals surface area (Å²) < 4.78 is 0. The Morgan fingerprint density at radius 3 is 2.21 bits per heavy atom. The summed E-state index contributed by atoms with van der Waals surface area (Å²) in [5, 5.41) is 16.5. The van der Waals surface area contributed by atoms with Gasteiger partial charge in [0.25, 0.3) is 5.69 Å². The van der Waals surface area contributed by atoms with Gasteiger partial charge in [0.1, 0.15) is 5.69 Å². The Hall–Kier alpha value is -5.15. The van der Waals surface area contributed by atoms with Gasteiger partial charge in [-0.2, -0.15) is 5.10 Å². The number of nitrogens with one attached hydrogen (secondary N) is 1. The number of nitro benzene ring substituents is 1. The van der Waals surface area contributed by atoms with Crippen LogP contribution in [0.3, 0.4) is 0 Å². The quantitative estimate of drug-likeness (QED) is 0.144. The highest BCUT2D eigenvalue weighted by Crippen LogP contribution is 2.64. The number of nitro groups is 1. The molecule has 3 aliphatic carbocycles. The van der Waals surface area contributed by atoms with Crippen molar-refractivity contribution < 1.29 is 19.3 Å². The van der Waals surface area contributed by atoms with Crippen LogP contribution in [0.4, 0.5) is 11.4 Å². The van der Waals surface area contributed by atoms with E-state index in [-0.39, 0.29) is 23.0 Å². The number of imide groups is 1. The molecule has 2 atom stereocenters. The van der Waals surface area contributed by atoms with Gasteiger partial charge in [0, 0.05) is 23.2 Å². The number of benzene rings is 4. The maximum atomic E-state index is 14.5. The lowest BCUT2D eigenvalue weighted by molar-refractivity contribution is -0.384. The van der Waals surface area contributed by atoms with E-state index in [0.29, 0.717) is 0 Å². The lowest BCUT2D eigenvalue weighted by Crippen LogP contribution is -2.54. The van der Waals surface area contributed by atoms with Crippen molar-refractivity contribution in [2.75, 3.05) is 4.90 Å². The van der Waals surface area contributed by atoms with E-state index < -0.39 is 45.6 Å². The van der Waals surface area contributed by atoms with Crippen LogP contribution in [0, 0.1) is 22.0 Å². The van der Waals surface area contributed by atoms with Gasteiger partial charge < -0.3 is 0 Å². The van der Waals surface area contributed by atoms with Crippen molar-refractivity contribution in [3.63, 3.8) is 0 Å². The molecule has 0 saturated carbocycles. The standard InChI is InChI=1S/C33H23ClN4O5/c34-20-14-15-25(26(17-20)38(42)43)37-31(40)29-28-21-10-4-6-12-23(21)33(30(29)32(37)41,24-13-7-5-11-22(24)28)18-35-36-27(39)16-19-8-2-1-3-9-19/h1-15,17-18,28-30H,16H2,(H,36,39)/b35-18-/t28?,29-,30+,33?/m0/s1. The van der Waals surface area contributed by atoms with Crippen LogP contribution in [0.5, 0.6) is 0 Å². The van der Waals surface area contributed by atoms with Crippen LogP contribution in [0.15, 0.2) is 102 Å². The molecular weight excluding hydrogens is 568 g/mol. The molecule has 1 N–H and O–H groups in total. The fraction of sp³-hybridized carbons (Fsp3) is 0.152. The summed E-state index contributed by atoms with van der Waals surface area (Å²) in [5.74, 6) is -3.70. The number of carbonyl (C=O) groups excluding carboxylic acids is 3. The Balaban J connectivity index is 1.38. The van der Waals surface area contributed by atoms with E-state index in [0.717, 1.165) is 38.8 Å². The summed E-state index contributed by atoms with van der Waals surface area (Å²) in [7, 11) is 0. The summed E-state index contributed by atoms with van der Waals surface area (Å²) in [6.07, 6.45) is 1.67. The zero-order valence-electron chi connectivity index (χ0n) is 22.5. The minimum atomic E-state index is -1.23. The van der Waals surface area contributed by atoms with Crippen molar-refractivity contribution >= 4 is 46.9 Å². The molecular formula is C33H23ClN4O5. The Bertz CT molecular complexity index is 1830. The molecule has 3 amide bonds. The average molecular weight is 591 g/mol. The normalized spacial score (nSPS) is 23.2. The van der Waals surface area contributed by atoms with Crippen LogP contribution in [-0.4, -0.2) is 28.9 Å². The molecule has 0 radical (unpaired) electrons. The number of hydrogen-bond donors (Lipinski definition) is 1. The molecule has 4 aliphatic rings. The fourth-order valence-electron chi connectivity index (χ4n) is 7.15. The number of rotatable bonds is 6. The van der Waals surface area contributed by atoms with Crippen LogP contribution in [0.1, 0.15) is 33.7 Å². The van der Waals surface area contributed by atoms with E-state index in [4.69, 9.17) is 11.6 Å². The molecule has 1 saturated heterocycles. The van der Waals surface area contributed by atoms with Crippen LogP contribution in [0.25, 0.3) is 0 Å². The minimum Gasteiger partial charge on any atom is -0.274 e. The molecule has 1 heterocycles. The summed E-state index contributed by atoms with van der Waals surface area (Å²) in [6.45, 7) is 0. The first kappa shape index (κ1) is 26.7. The van der Waals surface area contributed by atoms with Gasteiger partial charge in [0.2, 0.25) is 17.7 Å². The van der Waals surface area contributed by atoms with Gasteiger partial charge in [0.15, 0.2) is 0 Å². The van der Waals surface area contributed by atoms with Gasteiger partial charge in [-0.15, -0.1) is 0 Å². The van der Waals surface area contributed by atoms with Crippen molar-refractivity contribution in [3.8, 4) is 0 Å². The second-order valence-corrected chi connectivity index (χ2v) is 11.3. The molecule has 4 aromatic rings. The molecule has 0 aromatic heterocycles. The first-order valence-electron chi connectivity index (χ1n) is 13.7. The van der Waals surface area contributed by atoms with E-state index in [9.17, 15) is 24.5 Å². The number of amides is 3. The number of nitrogens with zero attached hydrogens (tertiary/aromatic N) is 3. The highest BCUT2D eigenvalue weighted by Gasteiger charge is 2.68. The van der Waals surface area contributed by atoms with Gasteiger partial charge in [-0.3, -0.25) is 24.5 Å². The van der Waals surface area contributed by atoms with E-state index in [2.05, 4.69) is 10.5 Å². The maximum Gasteiger partial charge on any atom is 0.294 e. The Morgan fingerprint density at radius 1 is 0.930 bits per heavy atom. The van der Waals surface area contributed by atoms with Crippen molar-refractivity contribution in [1.82, 2.24) is 5.43 Å². The molecule has 43 heavy (non-hydrogen) atoms. The van der Waals surface area contributed by atoms with Crippen LogP contribution < -0.4 is 10.3 Å². The van der Waals surface area contributed by atoms with E-state index in [1.165, 1.54) is 12.1 Å². The average Bonchev–Trinajstić information content (AvgIpc) is 3.28. The minimum absolute atomic E-state index is 0.109. The van der Waals surface area contributed by atoms with Crippen LogP contribution >= 0.6 is 11.6 Å². The number of halogens is 1. The highest BCUT2D eigenvalue weighted by atomic mass is 35.5. The van der Waals surface area contributed by atoms with Crippen LogP contribution in [-0.2, 0) is 26.2 Å². The Morgan fingerprint density at radius 2 is 1.56 bits per heavy atom. The largest absolute Gasteiger partial charge is 0.294 e. The molecule has 0 spiro atoms. The van der Waals surface area contributed by atoms with Gasteiger partial charge >= 0.3 is 0 Å². The molecule has 10 heteroatoms. The molecule has 4 aromatic carbocycles. The number of hydrazone groups is 1. The monoisotopic (exact) mass is 590 g/mol. The molecule has 0 unspecified atom stereocenters. The van der Waals surface area contributed by atoms with Crippen molar-refractivity contribution in [2.45, 2.75) is 17.8 Å². The molecule has 8 rings (SSSR count). The van der Waals surface area contributed by atoms with E-state index in [1.54, 1.807) is 6.21 Å². The topological polar surface area (TPSA) is 122 Å². The number of carbonyl (C=O) groups is 3. The highest BCUT2D eigenvalue weighted by molar-refractivity contribution is 6.31. The van der Waals surface area contributed by atoms with Gasteiger partial charge in [-0.05, 0) is 39.9 Å². The Labute approximate surface area is 250 Å². The maximum absolute atomic E-state index is 14.5. The van der Waals surface area contributed by atoms with E-state index >= 15 is 0 Å². The van der Waals surface area contributed by atoms with Crippen molar-refractivity contribution in [1.29, 1.82) is 0 Å². The summed E-state index contributed by atoms with van der Waals surface area (Å²) in [5.41, 5.74) is 4.98. The third-order valence-electron chi connectivity index (χ3n) is 8.72. The third-order valence-corrected chi connectivity index (χ3v) is 8.96. The van der Waals surface area contributed by atoms with Gasteiger partial charge in [0.05, 0.1) is 28.6 Å². The predicted molar refractivity (Wildman–Crippen MR) is 160 cm³/mol. The molecule has 1 aliphatic heterocycles. The SMILES string of the molecule is O=C(Cc1ccccc1)N/N=C\C12c3ccccc3C(c3ccccc31)[C@@H]1C(=O)N(c3ccc(Cl)cc3[N+](=O)[O-])C(=O)[C@@H]12. The first-order chi connectivity index (χ1) is 20.8. The zero-order valence-corrected chi connectivity index (χ0v) is 23.3. The number of hydrogen-bond acceptors (Lipinski definition) is 6. The lowest BCUT2D eigenvalue weighted by Gasteiger charge is -2.52. The van der Waals surface area contributed by atoms with Gasteiger partial charge in [-0.25, -0.2) is 10.3 Å². The van der Waals surface area contributed by atoms with E-state index in [1.807, 2.05) is 78.9 Å². The Kier molecular flexibility index (Phi) is 6.21. The fourth-order valence-corrected chi connectivity index (χ4v) is 7.31. The predicted octanol–water partition coefficient (Wildman–Crippen LogP) is 5.14. The molecule has 212 valence electrons. The number of anilines is 1. The molecule has 1 fully saturated rings. The smallest absolute Gasteiger partial charge is 0.274 e. The zero-order chi connectivity index (χ0) is 29.9. The summed E-state index contributed by atoms with van der Waals surface area (Å²) >= 11 is 6.05. The molecule has 9 nitrogen and oxygen atoms in total. The lowest BCUT2D eigenvalue weighted by atomic mass is 9.47. The van der Waals surface area contributed by atoms with Crippen LogP contribution in [0.2, 0.25) is 5.02 Å². The summed E-state index contributed by atoms with van der Waals surface area (Å²) in [6, 6.07) is 28.3. The second-order valence-electron chi connectivity index (χ2n) is 10.9. The third kappa shape index (κ3) is 3.92. The first-order valence-corrected chi connectivity index (χ1v) is 14.1. The van der Waals surface area contributed by atoms with Crippen molar-refractivity contribution in [3.05, 3.63) is 140 Å². The summed E-state index contributed by atoms with van der Waals surface area (Å²) in [4.78, 5) is 53.9. The van der Waals surface area contributed by atoms with Gasteiger partial charge in [-0.1, -0.05) is 90.5 Å². The van der Waals surface area contributed by atoms with Crippen molar-refractivity contribution in [2.24, 2.45) is 16.9 Å².